The summed E-state index contributed by atoms with van der Waals surface area (Å²) in [4.78, 5) is 13.1. The van der Waals surface area contributed by atoms with Gasteiger partial charge in [0, 0.05) is 13.1 Å². The van der Waals surface area contributed by atoms with E-state index in [1.165, 1.54) is 6.33 Å². The molecular formula is C6H13N5O. The lowest BCUT2D eigenvalue weighted by atomic mass is 10.7. The smallest absolute Gasteiger partial charge is 0.207 e. The maximum atomic E-state index is 9.40. The topological polar surface area (TPSA) is 96.7 Å². The van der Waals surface area contributed by atoms with Crippen molar-refractivity contribution < 1.29 is 4.79 Å². The monoisotopic (exact) mass is 171 g/mol. The molecule has 0 aliphatic carbocycles. The van der Waals surface area contributed by atoms with Crippen LogP contribution in [0, 0.1) is 6.92 Å². The van der Waals surface area contributed by atoms with E-state index in [9.17, 15) is 4.79 Å². The zero-order chi connectivity index (χ0) is 9.23. The fourth-order valence-electron chi connectivity index (χ4n) is 0.409. The third-order valence-electron chi connectivity index (χ3n) is 0.907. The number of nitrogens with two attached hydrogens (primary N) is 1. The molecule has 0 aliphatic rings. The highest BCUT2D eigenvalue weighted by atomic mass is 16.1. The molecule has 1 amide bonds. The summed E-state index contributed by atoms with van der Waals surface area (Å²) in [6.07, 6.45) is 2.11. The second-order valence-corrected chi connectivity index (χ2v) is 1.93. The third-order valence-corrected chi connectivity index (χ3v) is 0.907. The van der Waals surface area contributed by atoms with E-state index in [4.69, 9.17) is 5.73 Å². The molecule has 6 nitrogen and oxygen atoms in total. The second-order valence-electron chi connectivity index (χ2n) is 1.93. The van der Waals surface area contributed by atoms with Gasteiger partial charge in [-0.1, -0.05) is 0 Å². The summed E-state index contributed by atoms with van der Waals surface area (Å²) >= 11 is 0. The van der Waals surface area contributed by atoms with Crippen LogP contribution < -0.4 is 11.1 Å². The first kappa shape index (κ1) is 10.6. The van der Waals surface area contributed by atoms with Crippen LogP contribution in [-0.4, -0.2) is 34.7 Å². The molecule has 4 N–H and O–H groups in total. The van der Waals surface area contributed by atoms with E-state index in [1.54, 1.807) is 0 Å². The molecule has 0 spiro atoms. The molecule has 0 fully saturated rings. The molecule has 6 heteroatoms. The van der Waals surface area contributed by atoms with Gasteiger partial charge in [-0.15, -0.1) is 0 Å². The number of nitrogens with one attached hydrogen (secondary N) is 2. The van der Waals surface area contributed by atoms with Gasteiger partial charge in [-0.05, 0) is 6.92 Å². The average molecular weight is 171 g/mol. The Hall–Kier alpha value is -1.43. The first-order valence-electron chi connectivity index (χ1n) is 3.50. The Bertz CT molecular complexity index is 186. The van der Waals surface area contributed by atoms with Gasteiger partial charge in [0.2, 0.25) is 6.41 Å². The number of aryl methyl sites for hydroxylation is 1. The Morgan fingerprint density at radius 3 is 2.75 bits per heavy atom. The normalized spacial score (nSPS) is 8.17. The zero-order valence-electron chi connectivity index (χ0n) is 6.95. The molecule has 0 unspecified atom stereocenters. The first-order valence-corrected chi connectivity index (χ1v) is 3.50. The van der Waals surface area contributed by atoms with Crippen LogP contribution >= 0.6 is 0 Å². The van der Waals surface area contributed by atoms with Crippen LogP contribution in [0.2, 0.25) is 0 Å². The molecule has 0 aromatic carbocycles. The summed E-state index contributed by atoms with van der Waals surface area (Å²) in [5.74, 6) is 0.856. The van der Waals surface area contributed by atoms with Gasteiger partial charge in [-0.2, -0.15) is 5.10 Å². The van der Waals surface area contributed by atoms with Crippen LogP contribution in [0.1, 0.15) is 5.82 Å². The van der Waals surface area contributed by atoms with Crippen LogP contribution in [-0.2, 0) is 4.79 Å². The van der Waals surface area contributed by atoms with E-state index >= 15 is 0 Å². The van der Waals surface area contributed by atoms with Crippen LogP contribution in [0.3, 0.4) is 0 Å². The number of hydrogen-bond donors (Lipinski definition) is 3. The fourth-order valence-corrected chi connectivity index (χ4v) is 0.409. The quantitative estimate of drug-likeness (QED) is 0.393. The standard InChI is InChI=1S/C3H5N3.C3H8N2O/c1-3-4-2-5-6-3;4-1-2-5-3-6/h2H,1H3,(H,4,5,6);3H,1-2,4H2,(H,5,6). The SMILES string of the molecule is Cc1ncn[nH]1.NCCNC=O. The highest BCUT2D eigenvalue weighted by Gasteiger charge is 1.75. The van der Waals surface area contributed by atoms with Gasteiger partial charge in [0.15, 0.2) is 0 Å². The van der Waals surface area contributed by atoms with Crippen molar-refractivity contribution in [3.05, 3.63) is 12.2 Å². The molecule has 0 radical (unpaired) electrons. The lowest BCUT2D eigenvalue weighted by Crippen LogP contribution is -2.20. The van der Waals surface area contributed by atoms with Gasteiger partial charge in [-0.25, -0.2) is 4.98 Å². The molecule has 12 heavy (non-hydrogen) atoms. The summed E-state index contributed by atoms with van der Waals surface area (Å²) < 4.78 is 0. The maximum absolute atomic E-state index is 9.40. The maximum Gasteiger partial charge on any atom is 0.207 e. The number of hydrogen-bond acceptors (Lipinski definition) is 4. The van der Waals surface area contributed by atoms with Gasteiger partial charge in [0.1, 0.15) is 12.2 Å². The highest BCUT2D eigenvalue weighted by molar-refractivity contribution is 5.45. The highest BCUT2D eigenvalue weighted by Crippen LogP contribution is 1.73. The zero-order valence-corrected chi connectivity index (χ0v) is 6.95. The van der Waals surface area contributed by atoms with E-state index in [1.807, 2.05) is 6.92 Å². The van der Waals surface area contributed by atoms with Crippen molar-refractivity contribution in [2.75, 3.05) is 13.1 Å². The van der Waals surface area contributed by atoms with E-state index in [2.05, 4.69) is 20.5 Å². The predicted octanol–water partition coefficient (Wildman–Crippen LogP) is -1.20. The molecule has 0 bridgehead atoms. The van der Waals surface area contributed by atoms with Crippen molar-refractivity contribution in [2.45, 2.75) is 6.92 Å². The Balaban J connectivity index is 0.000000202. The number of aromatic nitrogens is 3. The molecule has 1 aromatic heterocycles. The van der Waals surface area contributed by atoms with Crippen molar-refractivity contribution in [3.63, 3.8) is 0 Å². The molecule has 0 saturated carbocycles. The van der Waals surface area contributed by atoms with Crippen molar-refractivity contribution in [1.29, 1.82) is 0 Å². The van der Waals surface area contributed by atoms with Gasteiger partial charge in [0.25, 0.3) is 0 Å². The Morgan fingerprint density at radius 2 is 2.58 bits per heavy atom. The Labute approximate surface area is 70.6 Å². The molecule has 0 saturated heterocycles. The number of aromatic amines is 1. The Kier molecular flexibility index (Phi) is 6.76. The minimum Gasteiger partial charge on any atom is -0.357 e. The second kappa shape index (κ2) is 7.67. The predicted molar refractivity (Wildman–Crippen MR) is 44.2 cm³/mol. The average Bonchev–Trinajstić information content (AvgIpc) is 2.53. The van der Waals surface area contributed by atoms with Crippen molar-refractivity contribution in [3.8, 4) is 0 Å². The number of rotatable bonds is 3. The minimum absolute atomic E-state index is 0.513. The summed E-state index contributed by atoms with van der Waals surface area (Å²) in [7, 11) is 0. The number of carbonyl (C=O) groups excluding carboxylic acids is 1. The van der Waals surface area contributed by atoms with E-state index in [0.717, 1.165) is 5.82 Å². The van der Waals surface area contributed by atoms with Crippen LogP contribution in [0.5, 0.6) is 0 Å². The van der Waals surface area contributed by atoms with Gasteiger partial charge >= 0.3 is 0 Å². The van der Waals surface area contributed by atoms with Gasteiger partial charge in [0.05, 0.1) is 0 Å². The molecule has 68 valence electrons. The van der Waals surface area contributed by atoms with Crippen molar-refractivity contribution in [1.82, 2.24) is 20.5 Å². The third kappa shape index (κ3) is 6.69. The summed E-state index contributed by atoms with van der Waals surface area (Å²) in [6.45, 7) is 2.94. The largest absolute Gasteiger partial charge is 0.357 e. The molecular weight excluding hydrogens is 158 g/mol. The number of amides is 1. The van der Waals surface area contributed by atoms with Crippen LogP contribution in [0.15, 0.2) is 6.33 Å². The van der Waals surface area contributed by atoms with Gasteiger partial charge in [-0.3, -0.25) is 9.89 Å². The van der Waals surface area contributed by atoms with E-state index < -0.39 is 0 Å². The lowest BCUT2D eigenvalue weighted by Gasteiger charge is -1.86. The number of H-pyrrole nitrogens is 1. The molecule has 0 aliphatic heterocycles. The summed E-state index contributed by atoms with van der Waals surface area (Å²) in [5.41, 5.74) is 4.99. The first-order chi connectivity index (χ1) is 5.81. The minimum atomic E-state index is 0.513. The number of nitrogens with zero attached hydrogens (tertiary/aromatic N) is 2. The van der Waals surface area contributed by atoms with Crippen LogP contribution in [0.25, 0.3) is 0 Å². The van der Waals surface area contributed by atoms with E-state index in [0.29, 0.717) is 19.5 Å². The van der Waals surface area contributed by atoms with E-state index in [-0.39, 0.29) is 0 Å². The molecule has 1 aromatic rings. The Morgan fingerprint density at radius 1 is 1.83 bits per heavy atom. The van der Waals surface area contributed by atoms with Crippen molar-refractivity contribution >= 4 is 6.41 Å². The summed E-state index contributed by atoms with van der Waals surface area (Å²) in [6, 6.07) is 0. The number of carbonyl (C=O) groups is 1. The molecule has 1 rings (SSSR count). The van der Waals surface area contributed by atoms with Crippen LogP contribution in [0.4, 0.5) is 0 Å². The van der Waals surface area contributed by atoms with Gasteiger partial charge < -0.3 is 11.1 Å². The molecule has 0 atom stereocenters. The lowest BCUT2D eigenvalue weighted by molar-refractivity contribution is -0.109. The summed E-state index contributed by atoms with van der Waals surface area (Å²) in [5, 5.41) is 8.62. The fraction of sp³-hybridized carbons (Fsp3) is 0.500. The van der Waals surface area contributed by atoms with Crippen molar-refractivity contribution in [2.24, 2.45) is 5.73 Å². The molecule has 1 heterocycles.